The van der Waals surface area contributed by atoms with Crippen molar-refractivity contribution in [3.05, 3.63) is 78.4 Å². The van der Waals surface area contributed by atoms with Gasteiger partial charge in [-0.05, 0) is 31.2 Å². The maximum Gasteiger partial charge on any atom is 0.0891 e. The minimum Gasteiger partial charge on any atom is -0.389 e. The Bertz CT molecular complexity index is 948. The Kier molecular flexibility index (Phi) is 4.16. The van der Waals surface area contributed by atoms with E-state index in [0.717, 1.165) is 16.7 Å². The number of nitrogens with zero attached hydrogens (tertiary/aromatic N) is 1. The van der Waals surface area contributed by atoms with E-state index in [1.165, 1.54) is 16.3 Å². The maximum atomic E-state index is 10.6. The molecular formula is C22H22N2O. The van der Waals surface area contributed by atoms with Crippen LogP contribution in [0.3, 0.4) is 0 Å². The number of fused-ring (bicyclic) bond motifs is 3. The van der Waals surface area contributed by atoms with Crippen molar-refractivity contribution < 1.29 is 5.11 Å². The zero-order valence-corrected chi connectivity index (χ0v) is 14.3. The third-order valence-corrected chi connectivity index (χ3v) is 4.67. The molecule has 1 heterocycles. The van der Waals surface area contributed by atoms with Crippen LogP contribution in [-0.2, 0) is 6.54 Å². The maximum absolute atomic E-state index is 10.6. The zero-order chi connectivity index (χ0) is 17.2. The minimum atomic E-state index is -0.472. The molecule has 0 unspecified atom stereocenters. The number of aliphatic hydroxyl groups excluding tert-OH is 1. The zero-order valence-electron chi connectivity index (χ0n) is 14.3. The summed E-state index contributed by atoms with van der Waals surface area (Å²) in [6.07, 6.45) is -0.472. The van der Waals surface area contributed by atoms with Crippen molar-refractivity contribution in [2.45, 2.75) is 19.6 Å². The second-order valence-corrected chi connectivity index (χ2v) is 6.55. The molecule has 0 saturated heterocycles. The molecule has 0 amide bonds. The van der Waals surface area contributed by atoms with Crippen LogP contribution in [0.5, 0.6) is 0 Å². The third kappa shape index (κ3) is 3.11. The second-order valence-electron chi connectivity index (χ2n) is 6.55. The van der Waals surface area contributed by atoms with Crippen LogP contribution in [0.25, 0.3) is 21.8 Å². The molecule has 0 radical (unpaired) electrons. The van der Waals surface area contributed by atoms with Crippen molar-refractivity contribution in [2.75, 3.05) is 11.9 Å². The van der Waals surface area contributed by atoms with E-state index >= 15 is 0 Å². The lowest BCUT2D eigenvalue weighted by atomic mass is 10.2. The summed E-state index contributed by atoms with van der Waals surface area (Å²) in [6, 6.07) is 25.0. The standard InChI is InChI=1S/C22H22N2O/c1-16-10-12-17(13-11-16)23-14-18(25)15-24-21-8-4-2-6-19(21)20-7-3-5-9-22(20)24/h2-13,18,23,25H,14-15H2,1H3/t18-/m0/s1. The fourth-order valence-electron chi connectivity index (χ4n) is 3.38. The summed E-state index contributed by atoms with van der Waals surface area (Å²) < 4.78 is 2.21. The van der Waals surface area contributed by atoms with Crippen LogP contribution in [0.15, 0.2) is 72.8 Å². The van der Waals surface area contributed by atoms with Gasteiger partial charge in [0.1, 0.15) is 0 Å². The highest BCUT2D eigenvalue weighted by atomic mass is 16.3. The van der Waals surface area contributed by atoms with Gasteiger partial charge in [0.05, 0.1) is 12.6 Å². The van der Waals surface area contributed by atoms with E-state index in [0.29, 0.717) is 13.1 Å². The number of aromatic nitrogens is 1. The van der Waals surface area contributed by atoms with Crippen molar-refractivity contribution in [1.82, 2.24) is 4.57 Å². The molecule has 4 aromatic rings. The summed E-state index contributed by atoms with van der Waals surface area (Å²) >= 11 is 0. The van der Waals surface area contributed by atoms with E-state index in [1.807, 2.05) is 12.1 Å². The van der Waals surface area contributed by atoms with E-state index in [2.05, 4.69) is 77.5 Å². The van der Waals surface area contributed by atoms with E-state index < -0.39 is 6.10 Å². The van der Waals surface area contributed by atoms with Gasteiger partial charge in [-0.1, -0.05) is 54.1 Å². The molecule has 1 atom stereocenters. The van der Waals surface area contributed by atoms with Crippen LogP contribution in [-0.4, -0.2) is 22.3 Å². The molecule has 0 bridgehead atoms. The largest absolute Gasteiger partial charge is 0.389 e. The number of benzene rings is 3. The van der Waals surface area contributed by atoms with E-state index in [-0.39, 0.29) is 0 Å². The topological polar surface area (TPSA) is 37.2 Å². The van der Waals surface area contributed by atoms with Crippen LogP contribution < -0.4 is 5.32 Å². The summed E-state index contributed by atoms with van der Waals surface area (Å²) in [5.41, 5.74) is 4.60. The molecule has 0 saturated carbocycles. The predicted octanol–water partition coefficient (Wildman–Crippen LogP) is 4.58. The Morgan fingerprint density at radius 2 is 1.40 bits per heavy atom. The van der Waals surface area contributed by atoms with Gasteiger partial charge in [0.15, 0.2) is 0 Å². The fourth-order valence-corrected chi connectivity index (χ4v) is 3.38. The van der Waals surface area contributed by atoms with Gasteiger partial charge >= 0.3 is 0 Å². The molecule has 0 aliphatic carbocycles. The first-order valence-corrected chi connectivity index (χ1v) is 8.67. The Hall–Kier alpha value is -2.78. The molecule has 4 rings (SSSR count). The third-order valence-electron chi connectivity index (χ3n) is 4.67. The van der Waals surface area contributed by atoms with Gasteiger partial charge in [-0.25, -0.2) is 0 Å². The molecule has 3 nitrogen and oxygen atoms in total. The molecule has 0 aliphatic rings. The van der Waals surface area contributed by atoms with Crippen LogP contribution in [0, 0.1) is 6.92 Å². The van der Waals surface area contributed by atoms with Gasteiger partial charge in [0.2, 0.25) is 0 Å². The van der Waals surface area contributed by atoms with Crippen LogP contribution in [0.1, 0.15) is 5.56 Å². The molecule has 0 spiro atoms. The highest BCUT2D eigenvalue weighted by molar-refractivity contribution is 6.07. The lowest BCUT2D eigenvalue weighted by Crippen LogP contribution is -2.24. The summed E-state index contributed by atoms with van der Waals surface area (Å²) in [5.74, 6) is 0. The number of para-hydroxylation sites is 2. The molecule has 3 heteroatoms. The first-order valence-electron chi connectivity index (χ1n) is 8.67. The van der Waals surface area contributed by atoms with E-state index in [1.54, 1.807) is 0 Å². The quantitative estimate of drug-likeness (QED) is 0.562. The molecule has 0 aliphatic heterocycles. The number of aryl methyl sites for hydroxylation is 1. The molecule has 2 N–H and O–H groups in total. The van der Waals surface area contributed by atoms with Crippen molar-refractivity contribution in [3.8, 4) is 0 Å². The highest BCUT2D eigenvalue weighted by Gasteiger charge is 2.13. The summed E-state index contributed by atoms with van der Waals surface area (Å²) in [7, 11) is 0. The van der Waals surface area contributed by atoms with Crippen molar-refractivity contribution in [3.63, 3.8) is 0 Å². The normalized spacial score (nSPS) is 12.6. The molecule has 1 aromatic heterocycles. The molecule has 126 valence electrons. The fraction of sp³-hybridized carbons (Fsp3) is 0.182. The van der Waals surface area contributed by atoms with E-state index in [9.17, 15) is 5.11 Å². The molecule has 0 fully saturated rings. The predicted molar refractivity (Wildman–Crippen MR) is 105 cm³/mol. The first kappa shape index (κ1) is 15.7. The highest BCUT2D eigenvalue weighted by Crippen LogP contribution is 2.28. The molecule has 25 heavy (non-hydrogen) atoms. The number of aliphatic hydroxyl groups is 1. The SMILES string of the molecule is Cc1ccc(NC[C@H](O)Cn2c3ccccc3c3ccccc32)cc1. The first-order chi connectivity index (χ1) is 12.2. The van der Waals surface area contributed by atoms with Crippen LogP contribution in [0.2, 0.25) is 0 Å². The average molecular weight is 330 g/mol. The lowest BCUT2D eigenvalue weighted by molar-refractivity contribution is 0.169. The van der Waals surface area contributed by atoms with Gasteiger partial charge < -0.3 is 15.0 Å². The number of anilines is 1. The van der Waals surface area contributed by atoms with Crippen molar-refractivity contribution in [1.29, 1.82) is 0 Å². The number of rotatable bonds is 5. The van der Waals surface area contributed by atoms with Crippen LogP contribution >= 0.6 is 0 Å². The van der Waals surface area contributed by atoms with Crippen molar-refractivity contribution in [2.24, 2.45) is 0 Å². The Morgan fingerprint density at radius 1 is 0.840 bits per heavy atom. The van der Waals surface area contributed by atoms with Crippen molar-refractivity contribution >= 4 is 27.5 Å². The van der Waals surface area contributed by atoms with Crippen LogP contribution in [0.4, 0.5) is 5.69 Å². The average Bonchev–Trinajstić information content (AvgIpc) is 2.96. The van der Waals surface area contributed by atoms with Gasteiger partial charge in [0, 0.05) is 34.0 Å². The smallest absolute Gasteiger partial charge is 0.0891 e. The second kappa shape index (κ2) is 6.61. The Balaban J connectivity index is 1.58. The molecular weight excluding hydrogens is 308 g/mol. The summed E-state index contributed by atoms with van der Waals surface area (Å²) in [6.45, 7) is 3.15. The Labute approximate surface area is 147 Å². The monoisotopic (exact) mass is 330 g/mol. The van der Waals surface area contributed by atoms with Gasteiger partial charge in [-0.2, -0.15) is 0 Å². The number of hydrogen-bond acceptors (Lipinski definition) is 2. The van der Waals surface area contributed by atoms with Gasteiger partial charge in [-0.3, -0.25) is 0 Å². The summed E-state index contributed by atoms with van der Waals surface area (Å²) in [4.78, 5) is 0. The number of hydrogen-bond donors (Lipinski definition) is 2. The minimum absolute atomic E-state index is 0.472. The van der Waals surface area contributed by atoms with Gasteiger partial charge in [-0.15, -0.1) is 0 Å². The van der Waals surface area contributed by atoms with E-state index in [4.69, 9.17) is 0 Å². The van der Waals surface area contributed by atoms with Gasteiger partial charge in [0.25, 0.3) is 0 Å². The number of nitrogens with one attached hydrogen (secondary N) is 1. The molecule has 3 aromatic carbocycles. The summed E-state index contributed by atoms with van der Waals surface area (Å²) in [5, 5.41) is 16.4. The Morgan fingerprint density at radius 3 is 2.00 bits per heavy atom. The lowest BCUT2D eigenvalue weighted by Gasteiger charge is -2.15.